The van der Waals surface area contributed by atoms with Gasteiger partial charge in [0.15, 0.2) is 11.5 Å². The summed E-state index contributed by atoms with van der Waals surface area (Å²) in [6.07, 6.45) is 3.50. The maximum absolute atomic E-state index is 11.0. The summed E-state index contributed by atoms with van der Waals surface area (Å²) >= 11 is 5.32. The Balaban J connectivity index is 1.91. The van der Waals surface area contributed by atoms with Gasteiger partial charge in [-0.15, -0.1) is 11.6 Å². The van der Waals surface area contributed by atoms with Gasteiger partial charge in [-0.25, -0.2) is 14.3 Å². The van der Waals surface area contributed by atoms with Gasteiger partial charge in [-0.05, 0) is 18.2 Å². The molecule has 0 aliphatic rings. The number of nitrogens with zero attached hydrogens (tertiary/aromatic N) is 4. The lowest BCUT2D eigenvalue weighted by atomic mass is 10.1. The molecule has 0 fully saturated rings. The lowest BCUT2D eigenvalue weighted by Crippen LogP contribution is -2.15. The Kier molecular flexibility index (Phi) is 4.20. The molecule has 8 heteroatoms. The fourth-order valence-corrected chi connectivity index (χ4v) is 2.03. The Bertz CT molecular complexity index is 857. The molecule has 2 heterocycles. The third kappa shape index (κ3) is 3.29. The molecular weight excluding hydrogens is 318 g/mol. The fraction of sp³-hybridized carbons (Fsp3) is 0.0667. The lowest BCUT2D eigenvalue weighted by Gasteiger charge is -2.02. The monoisotopic (exact) mass is 329 g/mol. The summed E-state index contributed by atoms with van der Waals surface area (Å²) in [7, 11) is 0. The van der Waals surface area contributed by atoms with Crippen LogP contribution in [0, 0.1) is 0 Å². The normalized spacial score (nSPS) is 11.6. The zero-order valence-corrected chi connectivity index (χ0v) is 12.6. The van der Waals surface area contributed by atoms with E-state index < -0.39 is 5.97 Å². The summed E-state index contributed by atoms with van der Waals surface area (Å²) in [5.41, 5.74) is 8.75. The van der Waals surface area contributed by atoms with Gasteiger partial charge in [0, 0.05) is 17.3 Å². The predicted molar refractivity (Wildman–Crippen MR) is 86.0 cm³/mol. The first-order valence-electron chi connectivity index (χ1n) is 6.68. The number of nitrogens with two attached hydrogens (primary N) is 1. The predicted octanol–water partition coefficient (Wildman–Crippen LogP) is 1.80. The second kappa shape index (κ2) is 6.45. The number of alkyl halides is 1. The standard InChI is InChI=1S/C15H12ClN5O2/c16-8-14(22)23-20-15(17)11-4-1-3-10(7-11)12-9-21-13(19-12)5-2-6-18-21/h1-7,9H,8H2,(H2,17,20). The number of benzene rings is 1. The van der Waals surface area contributed by atoms with E-state index in [4.69, 9.17) is 17.3 Å². The van der Waals surface area contributed by atoms with Crippen LogP contribution in [0.15, 0.2) is 53.9 Å². The summed E-state index contributed by atoms with van der Waals surface area (Å²) in [5, 5.41) is 7.74. The van der Waals surface area contributed by atoms with Crippen LogP contribution in [-0.4, -0.2) is 32.3 Å². The SMILES string of the molecule is NC(=NOC(=O)CCl)c1cccc(-c2cn3ncccc3n2)c1. The van der Waals surface area contributed by atoms with Gasteiger partial charge in [0.25, 0.3) is 0 Å². The zero-order valence-electron chi connectivity index (χ0n) is 11.9. The minimum Gasteiger partial charge on any atom is -0.380 e. The van der Waals surface area contributed by atoms with Gasteiger partial charge < -0.3 is 10.6 Å². The highest BCUT2D eigenvalue weighted by Gasteiger charge is 2.08. The Morgan fingerprint density at radius 2 is 2.22 bits per heavy atom. The third-order valence-electron chi connectivity index (χ3n) is 3.05. The van der Waals surface area contributed by atoms with Gasteiger partial charge in [-0.3, -0.25) is 0 Å². The Hall–Kier alpha value is -2.93. The van der Waals surface area contributed by atoms with Crippen LogP contribution >= 0.6 is 11.6 Å². The van der Waals surface area contributed by atoms with E-state index in [9.17, 15) is 4.79 Å². The molecule has 7 nitrogen and oxygen atoms in total. The number of carbonyl (C=O) groups is 1. The average molecular weight is 330 g/mol. The molecule has 0 radical (unpaired) electrons. The van der Waals surface area contributed by atoms with Gasteiger partial charge in [0.1, 0.15) is 5.88 Å². The number of rotatable bonds is 4. The summed E-state index contributed by atoms with van der Waals surface area (Å²) in [5.74, 6) is -0.880. The summed E-state index contributed by atoms with van der Waals surface area (Å²) in [6, 6.07) is 10.9. The lowest BCUT2D eigenvalue weighted by molar-refractivity contribution is -0.140. The van der Waals surface area contributed by atoms with Crippen molar-refractivity contribution in [1.82, 2.24) is 14.6 Å². The van der Waals surface area contributed by atoms with E-state index in [0.29, 0.717) is 5.56 Å². The molecule has 3 aromatic rings. The molecule has 2 N–H and O–H groups in total. The highest BCUT2D eigenvalue weighted by Crippen LogP contribution is 2.19. The molecule has 0 aliphatic heterocycles. The minimum absolute atomic E-state index is 0.0761. The summed E-state index contributed by atoms with van der Waals surface area (Å²) < 4.78 is 1.68. The summed E-state index contributed by atoms with van der Waals surface area (Å²) in [6.45, 7) is 0. The Labute approximate surface area is 136 Å². The fourth-order valence-electron chi connectivity index (χ4n) is 1.99. The molecule has 0 spiro atoms. The van der Waals surface area contributed by atoms with E-state index in [2.05, 4.69) is 20.1 Å². The molecule has 3 rings (SSSR count). The largest absolute Gasteiger partial charge is 0.380 e. The number of carbonyl (C=O) groups excluding carboxylic acids is 1. The number of halogens is 1. The topological polar surface area (TPSA) is 94.9 Å². The van der Waals surface area contributed by atoms with E-state index in [1.807, 2.05) is 30.5 Å². The summed E-state index contributed by atoms with van der Waals surface area (Å²) in [4.78, 5) is 20.1. The molecule has 2 aromatic heterocycles. The van der Waals surface area contributed by atoms with Crippen LogP contribution < -0.4 is 5.73 Å². The van der Waals surface area contributed by atoms with E-state index in [-0.39, 0.29) is 11.7 Å². The van der Waals surface area contributed by atoms with Crippen molar-refractivity contribution in [3.63, 3.8) is 0 Å². The van der Waals surface area contributed by atoms with Crippen molar-refractivity contribution in [3.05, 3.63) is 54.4 Å². The van der Waals surface area contributed by atoms with Gasteiger partial charge >= 0.3 is 5.97 Å². The Morgan fingerprint density at radius 3 is 3.00 bits per heavy atom. The number of hydrogen-bond acceptors (Lipinski definition) is 5. The maximum atomic E-state index is 11.0. The van der Waals surface area contributed by atoms with Crippen LogP contribution in [0.2, 0.25) is 0 Å². The van der Waals surface area contributed by atoms with Crippen molar-refractivity contribution in [2.75, 3.05) is 5.88 Å². The molecule has 0 unspecified atom stereocenters. The van der Waals surface area contributed by atoms with Gasteiger partial charge in [-0.1, -0.05) is 23.4 Å². The molecule has 1 aromatic carbocycles. The first kappa shape index (κ1) is 15.0. The molecule has 0 bridgehead atoms. The van der Waals surface area contributed by atoms with E-state index in [1.165, 1.54) is 0 Å². The molecule has 23 heavy (non-hydrogen) atoms. The highest BCUT2D eigenvalue weighted by molar-refractivity contribution is 6.26. The van der Waals surface area contributed by atoms with Crippen LogP contribution in [0.4, 0.5) is 0 Å². The quantitative estimate of drug-likeness (QED) is 0.259. The van der Waals surface area contributed by atoms with E-state index in [0.717, 1.165) is 16.9 Å². The van der Waals surface area contributed by atoms with Crippen molar-refractivity contribution >= 4 is 29.1 Å². The molecule has 0 saturated carbocycles. The van der Waals surface area contributed by atoms with Crippen LogP contribution in [0.1, 0.15) is 5.56 Å². The van der Waals surface area contributed by atoms with Crippen LogP contribution in [0.5, 0.6) is 0 Å². The van der Waals surface area contributed by atoms with Crippen LogP contribution in [0.25, 0.3) is 16.9 Å². The van der Waals surface area contributed by atoms with Crippen molar-refractivity contribution in [2.24, 2.45) is 10.9 Å². The molecule has 0 amide bonds. The molecule has 116 valence electrons. The second-order valence-corrected chi connectivity index (χ2v) is 4.87. The number of hydrogen-bond donors (Lipinski definition) is 1. The average Bonchev–Trinajstić information content (AvgIpc) is 3.03. The third-order valence-corrected chi connectivity index (χ3v) is 3.26. The van der Waals surface area contributed by atoms with Crippen molar-refractivity contribution < 1.29 is 9.63 Å². The first-order valence-corrected chi connectivity index (χ1v) is 7.21. The first-order chi connectivity index (χ1) is 11.2. The second-order valence-electron chi connectivity index (χ2n) is 4.61. The van der Waals surface area contributed by atoms with Crippen LogP contribution in [0.3, 0.4) is 0 Å². The van der Waals surface area contributed by atoms with Crippen molar-refractivity contribution in [3.8, 4) is 11.3 Å². The van der Waals surface area contributed by atoms with E-state index in [1.54, 1.807) is 22.8 Å². The number of amidine groups is 1. The van der Waals surface area contributed by atoms with Crippen LogP contribution in [-0.2, 0) is 9.63 Å². The number of fused-ring (bicyclic) bond motifs is 1. The number of imidazole rings is 1. The molecule has 0 aliphatic carbocycles. The van der Waals surface area contributed by atoms with Gasteiger partial charge in [0.2, 0.25) is 0 Å². The van der Waals surface area contributed by atoms with Crippen molar-refractivity contribution in [1.29, 1.82) is 0 Å². The zero-order chi connectivity index (χ0) is 16.2. The maximum Gasteiger partial charge on any atom is 0.349 e. The van der Waals surface area contributed by atoms with Gasteiger partial charge in [-0.2, -0.15) is 5.10 Å². The van der Waals surface area contributed by atoms with E-state index >= 15 is 0 Å². The number of aromatic nitrogens is 3. The van der Waals surface area contributed by atoms with Gasteiger partial charge in [0.05, 0.1) is 11.9 Å². The smallest absolute Gasteiger partial charge is 0.349 e. The Morgan fingerprint density at radius 1 is 1.35 bits per heavy atom. The molecular formula is C15H12ClN5O2. The number of oxime groups is 1. The van der Waals surface area contributed by atoms with Crippen molar-refractivity contribution in [2.45, 2.75) is 0 Å². The highest BCUT2D eigenvalue weighted by atomic mass is 35.5. The minimum atomic E-state index is -0.669. The molecule has 0 saturated heterocycles. The molecule has 0 atom stereocenters.